The van der Waals surface area contributed by atoms with Gasteiger partial charge in [0.2, 0.25) is 10.0 Å². The van der Waals surface area contributed by atoms with Crippen molar-refractivity contribution in [3.8, 4) is 0 Å². The average molecular weight is 267 g/mol. The lowest BCUT2D eigenvalue weighted by molar-refractivity contribution is -0.389. The predicted octanol–water partition coefficient (Wildman–Crippen LogP) is 0.883. The van der Waals surface area contributed by atoms with Crippen LogP contribution in [0, 0.1) is 17.0 Å². The Morgan fingerprint density at radius 2 is 2.06 bits per heavy atom. The highest BCUT2D eigenvalue weighted by Crippen LogP contribution is 2.32. The molecule has 0 saturated heterocycles. The zero-order valence-corrected chi connectivity index (χ0v) is 9.24. The lowest BCUT2D eigenvalue weighted by Crippen LogP contribution is -2.16. The Morgan fingerprint density at radius 1 is 1.53 bits per heavy atom. The molecule has 0 radical (unpaired) electrons. The number of primary sulfonamides is 1. The van der Waals surface area contributed by atoms with Crippen LogP contribution in [0.2, 0.25) is 0 Å². The van der Waals surface area contributed by atoms with Crippen LogP contribution in [-0.2, 0) is 10.0 Å². The second-order valence-corrected chi connectivity index (χ2v) is 4.63. The lowest BCUT2D eigenvalue weighted by atomic mass is 10.2. The highest BCUT2D eigenvalue weighted by Gasteiger charge is 2.32. The summed E-state index contributed by atoms with van der Waals surface area (Å²) in [5, 5.41) is 15.3. The van der Waals surface area contributed by atoms with Crippen LogP contribution in [0.15, 0.2) is 11.0 Å². The van der Waals surface area contributed by atoms with Crippen LogP contribution >= 0.6 is 0 Å². The van der Waals surface area contributed by atoms with Gasteiger partial charge in [0.05, 0.1) is 4.92 Å². The molecule has 0 saturated carbocycles. The van der Waals surface area contributed by atoms with Crippen LogP contribution in [0.1, 0.15) is 17.8 Å². The minimum absolute atomic E-state index is 0.102. The van der Waals surface area contributed by atoms with Gasteiger partial charge in [0.15, 0.2) is 10.6 Å². The van der Waals surface area contributed by atoms with Crippen molar-refractivity contribution in [2.75, 3.05) is 0 Å². The molecule has 0 unspecified atom stereocenters. The van der Waals surface area contributed by atoms with Gasteiger partial charge in [-0.1, -0.05) is 0 Å². The molecule has 7 nitrogen and oxygen atoms in total. The molecular formula is C7H7F2N3O4S. The molecule has 1 aromatic heterocycles. The Morgan fingerprint density at radius 3 is 2.41 bits per heavy atom. The summed E-state index contributed by atoms with van der Waals surface area (Å²) in [6.07, 6.45) is -3.27. The molecule has 0 aliphatic carbocycles. The fraction of sp³-hybridized carbons (Fsp3) is 0.286. The molecule has 2 N–H and O–H groups in total. The van der Waals surface area contributed by atoms with Crippen molar-refractivity contribution >= 4 is 15.7 Å². The summed E-state index contributed by atoms with van der Waals surface area (Å²) in [7, 11) is -4.47. The summed E-state index contributed by atoms with van der Waals surface area (Å²) in [4.78, 5) is 11.7. The Hall–Kier alpha value is -1.68. The van der Waals surface area contributed by atoms with E-state index in [1.165, 1.54) is 6.92 Å². The third-order valence-corrected chi connectivity index (χ3v) is 2.73. The summed E-state index contributed by atoms with van der Waals surface area (Å²) in [6, 6.07) is 0.777. The molecule has 0 aliphatic rings. The maximum absolute atomic E-state index is 12.5. The van der Waals surface area contributed by atoms with Gasteiger partial charge in [0.25, 0.3) is 6.43 Å². The highest BCUT2D eigenvalue weighted by atomic mass is 32.2. The van der Waals surface area contributed by atoms with Gasteiger partial charge in [0, 0.05) is 5.69 Å². The van der Waals surface area contributed by atoms with Gasteiger partial charge in [-0.2, -0.15) is 0 Å². The first kappa shape index (κ1) is 13.4. The molecule has 1 aromatic rings. The molecule has 17 heavy (non-hydrogen) atoms. The SMILES string of the molecule is Cc1cc(S(N)(=O)=O)c([N+](=O)[O-])c(C(F)F)n1. The van der Waals surface area contributed by atoms with E-state index in [2.05, 4.69) is 4.98 Å². The van der Waals surface area contributed by atoms with Crippen molar-refractivity contribution in [1.29, 1.82) is 0 Å². The number of nitro groups is 1. The molecule has 0 amide bonds. The third kappa shape index (κ3) is 2.71. The number of nitrogens with two attached hydrogens (primary N) is 1. The summed E-state index contributed by atoms with van der Waals surface area (Å²) in [5.41, 5.74) is -2.60. The van der Waals surface area contributed by atoms with Crippen LogP contribution < -0.4 is 5.14 Å². The van der Waals surface area contributed by atoms with E-state index in [0.717, 1.165) is 6.07 Å². The van der Waals surface area contributed by atoms with Gasteiger partial charge in [-0.15, -0.1) is 0 Å². The van der Waals surface area contributed by atoms with Crippen LogP contribution in [0.5, 0.6) is 0 Å². The Bertz CT molecular complexity index is 573. The van der Waals surface area contributed by atoms with E-state index < -0.39 is 37.6 Å². The molecule has 0 atom stereocenters. The largest absolute Gasteiger partial charge is 0.316 e. The highest BCUT2D eigenvalue weighted by molar-refractivity contribution is 7.89. The maximum Gasteiger partial charge on any atom is 0.316 e. The standard InChI is InChI=1S/C7H7F2N3O4S/c1-3-2-4(17(10,15)16)6(12(13)14)5(11-3)7(8)9/h2,7H,1H3,(H2,10,15,16). The summed E-state index contributed by atoms with van der Waals surface area (Å²) in [6.45, 7) is 1.23. The number of halogens is 2. The Labute approximate surface area is 94.5 Å². The third-order valence-electron chi connectivity index (χ3n) is 1.81. The summed E-state index contributed by atoms with van der Waals surface area (Å²) >= 11 is 0. The van der Waals surface area contributed by atoms with Crippen molar-refractivity contribution in [1.82, 2.24) is 4.98 Å². The number of pyridine rings is 1. The smallest absolute Gasteiger partial charge is 0.258 e. The first-order valence-corrected chi connectivity index (χ1v) is 5.66. The second-order valence-electron chi connectivity index (χ2n) is 3.10. The van der Waals surface area contributed by atoms with Gasteiger partial charge in [-0.25, -0.2) is 27.3 Å². The van der Waals surface area contributed by atoms with Crippen molar-refractivity contribution in [2.24, 2.45) is 5.14 Å². The summed E-state index contributed by atoms with van der Waals surface area (Å²) < 4.78 is 47.2. The number of nitrogens with zero attached hydrogens (tertiary/aromatic N) is 2. The van der Waals surface area contributed by atoms with E-state index in [1.807, 2.05) is 0 Å². The first-order valence-electron chi connectivity index (χ1n) is 4.11. The normalized spacial score (nSPS) is 11.8. The molecular weight excluding hydrogens is 260 g/mol. The van der Waals surface area contributed by atoms with Gasteiger partial charge in [-0.05, 0) is 13.0 Å². The molecule has 10 heteroatoms. The zero-order valence-electron chi connectivity index (χ0n) is 8.42. The number of alkyl halides is 2. The van der Waals surface area contributed by atoms with Crippen LogP contribution in [-0.4, -0.2) is 18.3 Å². The first-order chi connectivity index (χ1) is 7.64. The molecule has 0 aromatic carbocycles. The number of hydrogen-bond acceptors (Lipinski definition) is 5. The van der Waals surface area contributed by atoms with Gasteiger partial charge in [0.1, 0.15) is 0 Å². The minimum Gasteiger partial charge on any atom is -0.258 e. The van der Waals surface area contributed by atoms with E-state index in [0.29, 0.717) is 0 Å². The van der Waals surface area contributed by atoms with Crippen LogP contribution in [0.25, 0.3) is 0 Å². The van der Waals surface area contributed by atoms with Crippen molar-refractivity contribution in [3.05, 3.63) is 27.6 Å². The van der Waals surface area contributed by atoms with Crippen molar-refractivity contribution in [2.45, 2.75) is 18.2 Å². The quantitative estimate of drug-likeness (QED) is 0.644. The molecule has 1 heterocycles. The van der Waals surface area contributed by atoms with Crippen LogP contribution in [0.4, 0.5) is 14.5 Å². The van der Waals surface area contributed by atoms with Gasteiger partial charge in [-0.3, -0.25) is 10.1 Å². The number of sulfonamides is 1. The number of aromatic nitrogens is 1. The van der Waals surface area contributed by atoms with E-state index in [9.17, 15) is 27.3 Å². The van der Waals surface area contributed by atoms with Gasteiger partial charge < -0.3 is 0 Å². The zero-order chi connectivity index (χ0) is 13.4. The van der Waals surface area contributed by atoms with E-state index in [-0.39, 0.29) is 5.69 Å². The number of aryl methyl sites for hydroxylation is 1. The van der Waals surface area contributed by atoms with Gasteiger partial charge >= 0.3 is 5.69 Å². The van der Waals surface area contributed by atoms with E-state index >= 15 is 0 Å². The maximum atomic E-state index is 12.5. The molecule has 0 bridgehead atoms. The minimum atomic E-state index is -4.47. The summed E-state index contributed by atoms with van der Waals surface area (Å²) in [5.74, 6) is 0. The fourth-order valence-electron chi connectivity index (χ4n) is 1.21. The number of hydrogen-bond donors (Lipinski definition) is 1. The molecule has 1 rings (SSSR count). The number of rotatable bonds is 3. The topological polar surface area (TPSA) is 116 Å². The monoisotopic (exact) mass is 267 g/mol. The Kier molecular flexibility index (Phi) is 3.38. The van der Waals surface area contributed by atoms with Crippen molar-refractivity contribution in [3.63, 3.8) is 0 Å². The molecule has 0 aliphatic heterocycles. The molecule has 0 spiro atoms. The Balaban J connectivity index is 3.77. The van der Waals surface area contributed by atoms with Crippen molar-refractivity contribution < 1.29 is 22.1 Å². The fourth-order valence-corrected chi connectivity index (χ4v) is 2.00. The van der Waals surface area contributed by atoms with E-state index in [1.54, 1.807) is 0 Å². The lowest BCUT2D eigenvalue weighted by Gasteiger charge is -2.06. The predicted molar refractivity (Wildman–Crippen MR) is 52.0 cm³/mol. The molecule has 94 valence electrons. The van der Waals surface area contributed by atoms with E-state index in [4.69, 9.17) is 5.14 Å². The molecule has 0 fully saturated rings. The van der Waals surface area contributed by atoms with Crippen LogP contribution in [0.3, 0.4) is 0 Å². The average Bonchev–Trinajstić information content (AvgIpc) is 2.14. The second kappa shape index (κ2) is 4.30.